The molecule has 106 valence electrons. The van der Waals surface area contributed by atoms with Crippen LogP contribution in [0.2, 0.25) is 5.02 Å². The summed E-state index contributed by atoms with van der Waals surface area (Å²) in [7, 11) is 0. The minimum absolute atomic E-state index is 0.103. The number of halogens is 1. The van der Waals surface area contributed by atoms with Crippen LogP contribution in [0.5, 0.6) is 5.75 Å². The van der Waals surface area contributed by atoms with Crippen molar-refractivity contribution in [3.05, 3.63) is 27.8 Å². The van der Waals surface area contributed by atoms with Crippen LogP contribution < -0.4 is 10.5 Å². The summed E-state index contributed by atoms with van der Waals surface area (Å²) in [6.07, 6.45) is 0. The zero-order chi connectivity index (χ0) is 14.7. The number of hydrogen-bond acceptors (Lipinski definition) is 2. The fraction of sp³-hybridized carbons (Fsp3) is 0.533. The van der Waals surface area contributed by atoms with Gasteiger partial charge in [-0.15, -0.1) is 0 Å². The van der Waals surface area contributed by atoms with Gasteiger partial charge in [0.05, 0.1) is 11.6 Å². The average Bonchev–Trinajstić information content (AvgIpc) is 2.34. The van der Waals surface area contributed by atoms with Gasteiger partial charge in [0, 0.05) is 16.5 Å². The molecule has 0 saturated carbocycles. The van der Waals surface area contributed by atoms with Gasteiger partial charge in [-0.2, -0.15) is 0 Å². The lowest BCUT2D eigenvalue weighted by molar-refractivity contribution is 0.330. The zero-order valence-corrected chi connectivity index (χ0v) is 13.8. The predicted molar refractivity (Wildman–Crippen MR) is 86.5 cm³/mol. The van der Waals surface area contributed by atoms with Crippen molar-refractivity contribution in [2.45, 2.75) is 40.5 Å². The Morgan fingerprint density at radius 1 is 1.42 bits per heavy atom. The molecule has 2 nitrogen and oxygen atoms in total. The number of rotatable bonds is 5. The highest BCUT2D eigenvalue weighted by Crippen LogP contribution is 2.40. The lowest BCUT2D eigenvalue weighted by Gasteiger charge is -2.25. The van der Waals surface area contributed by atoms with Gasteiger partial charge in [0.25, 0.3) is 0 Å². The fourth-order valence-corrected chi connectivity index (χ4v) is 2.73. The molecule has 0 aromatic heterocycles. The van der Waals surface area contributed by atoms with E-state index < -0.39 is 0 Å². The minimum atomic E-state index is 0.103. The van der Waals surface area contributed by atoms with Crippen molar-refractivity contribution < 1.29 is 4.74 Å². The van der Waals surface area contributed by atoms with Crippen molar-refractivity contribution in [1.29, 1.82) is 0 Å². The van der Waals surface area contributed by atoms with E-state index in [4.69, 9.17) is 34.3 Å². The van der Waals surface area contributed by atoms with E-state index in [-0.39, 0.29) is 11.8 Å². The second kappa shape index (κ2) is 6.58. The number of nitrogens with two attached hydrogens (primary N) is 1. The fourth-order valence-electron chi connectivity index (χ4n) is 2.26. The molecule has 0 aliphatic heterocycles. The van der Waals surface area contributed by atoms with Gasteiger partial charge in [-0.05, 0) is 43.9 Å². The van der Waals surface area contributed by atoms with E-state index in [1.54, 1.807) is 0 Å². The molecule has 2 unspecified atom stereocenters. The van der Waals surface area contributed by atoms with Crippen LogP contribution >= 0.6 is 23.8 Å². The first-order chi connectivity index (χ1) is 8.81. The Morgan fingerprint density at radius 3 is 2.47 bits per heavy atom. The molecule has 0 spiro atoms. The van der Waals surface area contributed by atoms with E-state index >= 15 is 0 Å². The maximum Gasteiger partial charge on any atom is 0.126 e. The van der Waals surface area contributed by atoms with Crippen LogP contribution in [0.3, 0.4) is 0 Å². The maximum absolute atomic E-state index is 6.30. The van der Waals surface area contributed by atoms with Crippen molar-refractivity contribution in [3.63, 3.8) is 0 Å². The Labute approximate surface area is 126 Å². The van der Waals surface area contributed by atoms with Gasteiger partial charge in [-0.3, -0.25) is 0 Å². The highest BCUT2D eigenvalue weighted by atomic mass is 35.5. The molecule has 0 radical (unpaired) electrons. The molecule has 0 fully saturated rings. The van der Waals surface area contributed by atoms with Crippen LogP contribution in [0.4, 0.5) is 0 Å². The van der Waals surface area contributed by atoms with Crippen LogP contribution in [-0.2, 0) is 0 Å². The van der Waals surface area contributed by atoms with E-state index in [1.807, 2.05) is 33.8 Å². The molecular formula is C15H22ClNOS. The molecule has 0 aliphatic carbocycles. The molecule has 19 heavy (non-hydrogen) atoms. The first kappa shape index (κ1) is 16.3. The second-order valence-corrected chi connectivity index (χ2v) is 5.83. The summed E-state index contributed by atoms with van der Waals surface area (Å²) in [4.78, 5) is 0.520. The van der Waals surface area contributed by atoms with Crippen LogP contribution in [-0.4, -0.2) is 11.6 Å². The largest absolute Gasteiger partial charge is 0.493 e. The van der Waals surface area contributed by atoms with Gasteiger partial charge in [-0.1, -0.05) is 37.7 Å². The monoisotopic (exact) mass is 299 g/mol. The summed E-state index contributed by atoms with van der Waals surface area (Å²) in [6.45, 7) is 10.8. The SMILES string of the molecule is CCOc1c(C)cc(Cl)c(C)c1C(C)C(C)C(N)=S. The van der Waals surface area contributed by atoms with E-state index in [2.05, 4.69) is 6.92 Å². The van der Waals surface area contributed by atoms with Gasteiger partial charge in [0.2, 0.25) is 0 Å². The van der Waals surface area contributed by atoms with Crippen LogP contribution in [0.25, 0.3) is 0 Å². The summed E-state index contributed by atoms with van der Waals surface area (Å²) in [6, 6.07) is 1.95. The normalized spacial score (nSPS) is 14.0. The Morgan fingerprint density at radius 2 is 2.00 bits per heavy atom. The summed E-state index contributed by atoms with van der Waals surface area (Å²) in [5, 5.41) is 0.762. The number of ether oxygens (including phenoxy) is 1. The number of benzene rings is 1. The molecule has 2 N–H and O–H groups in total. The molecule has 2 atom stereocenters. The second-order valence-electron chi connectivity index (χ2n) is 4.96. The van der Waals surface area contributed by atoms with E-state index in [9.17, 15) is 0 Å². The van der Waals surface area contributed by atoms with Crippen LogP contribution in [0, 0.1) is 19.8 Å². The van der Waals surface area contributed by atoms with Crippen molar-refractivity contribution >= 4 is 28.8 Å². The highest BCUT2D eigenvalue weighted by molar-refractivity contribution is 7.80. The third-order valence-electron chi connectivity index (χ3n) is 3.65. The topological polar surface area (TPSA) is 35.2 Å². The van der Waals surface area contributed by atoms with Gasteiger partial charge in [0.15, 0.2) is 0 Å². The molecule has 1 rings (SSSR count). The van der Waals surface area contributed by atoms with Crippen molar-refractivity contribution in [1.82, 2.24) is 0 Å². The summed E-state index contributed by atoms with van der Waals surface area (Å²) < 4.78 is 5.81. The van der Waals surface area contributed by atoms with Gasteiger partial charge < -0.3 is 10.5 Å². The Hall–Kier alpha value is -0.800. The molecule has 0 aliphatic rings. The molecule has 4 heteroatoms. The molecule has 0 heterocycles. The summed E-state index contributed by atoms with van der Waals surface area (Å²) in [5.41, 5.74) is 9.00. The molecule has 0 saturated heterocycles. The number of hydrogen-bond donors (Lipinski definition) is 1. The van der Waals surface area contributed by atoms with Crippen molar-refractivity contribution in [2.75, 3.05) is 6.61 Å². The van der Waals surface area contributed by atoms with E-state index in [0.29, 0.717) is 11.6 Å². The van der Waals surface area contributed by atoms with Crippen molar-refractivity contribution in [2.24, 2.45) is 11.7 Å². The molecule has 0 bridgehead atoms. The molecular weight excluding hydrogens is 278 g/mol. The first-order valence-corrected chi connectivity index (χ1v) is 7.31. The first-order valence-electron chi connectivity index (χ1n) is 6.52. The zero-order valence-electron chi connectivity index (χ0n) is 12.2. The van der Waals surface area contributed by atoms with Gasteiger partial charge in [-0.25, -0.2) is 0 Å². The van der Waals surface area contributed by atoms with E-state index in [1.165, 1.54) is 0 Å². The number of aryl methyl sites for hydroxylation is 1. The molecule has 0 amide bonds. The minimum Gasteiger partial charge on any atom is -0.493 e. The summed E-state index contributed by atoms with van der Waals surface area (Å²) >= 11 is 11.4. The Balaban J connectivity index is 3.42. The quantitative estimate of drug-likeness (QED) is 0.819. The van der Waals surface area contributed by atoms with E-state index in [0.717, 1.165) is 27.5 Å². The lowest BCUT2D eigenvalue weighted by atomic mass is 9.84. The van der Waals surface area contributed by atoms with Crippen LogP contribution in [0.1, 0.15) is 43.4 Å². The van der Waals surface area contributed by atoms with Crippen molar-refractivity contribution in [3.8, 4) is 5.75 Å². The van der Waals surface area contributed by atoms with Gasteiger partial charge >= 0.3 is 0 Å². The highest BCUT2D eigenvalue weighted by Gasteiger charge is 2.24. The molecule has 1 aromatic carbocycles. The third kappa shape index (κ3) is 3.40. The Bertz CT molecular complexity index is 488. The average molecular weight is 300 g/mol. The summed E-state index contributed by atoms with van der Waals surface area (Å²) in [5.74, 6) is 1.20. The predicted octanol–water partition coefficient (Wildman–Crippen LogP) is 4.38. The maximum atomic E-state index is 6.30. The van der Waals surface area contributed by atoms with Crippen LogP contribution in [0.15, 0.2) is 6.07 Å². The Kier molecular flexibility index (Phi) is 5.63. The lowest BCUT2D eigenvalue weighted by Crippen LogP contribution is -2.24. The number of thiocarbonyl (C=S) groups is 1. The standard InChI is InChI=1S/C15H22ClNOS/c1-6-18-14-8(2)7-12(16)11(5)13(14)9(3)10(4)15(17)19/h7,9-10H,6H2,1-5H3,(H2,17,19). The smallest absolute Gasteiger partial charge is 0.126 e. The van der Waals surface area contributed by atoms with Gasteiger partial charge in [0.1, 0.15) is 5.75 Å². The third-order valence-corrected chi connectivity index (χ3v) is 4.42. The molecule has 1 aromatic rings.